The van der Waals surface area contributed by atoms with E-state index in [1.54, 1.807) is 13.0 Å². The molecule has 1 rings (SSSR count). The van der Waals surface area contributed by atoms with E-state index in [1.807, 2.05) is 0 Å². The van der Waals surface area contributed by atoms with Crippen molar-refractivity contribution in [3.8, 4) is 5.75 Å². The molecule has 0 saturated heterocycles. The van der Waals surface area contributed by atoms with Crippen molar-refractivity contribution in [2.45, 2.75) is 26.2 Å². The molecule has 0 radical (unpaired) electrons. The second kappa shape index (κ2) is 13.0. The van der Waals surface area contributed by atoms with E-state index in [0.29, 0.717) is 17.7 Å². The van der Waals surface area contributed by atoms with Crippen LogP contribution in [-0.4, -0.2) is 35.1 Å². The first-order valence-electron chi connectivity index (χ1n) is 7.70. The van der Waals surface area contributed by atoms with Gasteiger partial charge in [0.25, 0.3) is 0 Å². The number of halogens is 2. The number of carbonyl (C=O) groups is 2. The van der Waals surface area contributed by atoms with Crippen molar-refractivity contribution in [1.82, 2.24) is 5.32 Å². The largest absolute Gasteiger partial charge is 1.00 e. The Balaban J connectivity index is 0. The molecule has 144 valence electrons. The molecule has 0 saturated carbocycles. The number of hydrogen-bond donors (Lipinski definition) is 2. The van der Waals surface area contributed by atoms with Crippen molar-refractivity contribution in [3.05, 3.63) is 43.6 Å². The third-order valence-electron chi connectivity index (χ3n) is 3.24. The zero-order valence-electron chi connectivity index (χ0n) is 16.0. The Kier molecular flexibility index (Phi) is 12.3. The molecule has 0 aliphatic carbocycles. The monoisotopic (exact) mass is 428 g/mol. The van der Waals surface area contributed by atoms with Gasteiger partial charge in [0.05, 0.1) is 16.6 Å². The average molecular weight is 429 g/mol. The molecule has 0 unspecified atom stereocenters. The normalized spacial score (nSPS) is 10.7. The number of amides is 1. The van der Waals surface area contributed by atoms with E-state index in [-0.39, 0.29) is 66.2 Å². The Bertz CT molecular complexity index is 733. The Morgan fingerprint density at radius 3 is 2.59 bits per heavy atom. The number of nitrogens with zero attached hydrogens (tertiary/aromatic N) is 1. The quantitative estimate of drug-likeness (QED) is 0.242. The van der Waals surface area contributed by atoms with E-state index in [0.717, 1.165) is 0 Å². The Hall–Kier alpha value is -1.32. The maximum atomic E-state index is 11.4. The van der Waals surface area contributed by atoms with Crippen LogP contribution in [0.3, 0.4) is 0 Å². The second-order valence-corrected chi connectivity index (χ2v) is 5.91. The number of nitro groups is 1. The number of aliphatic carboxylic acids is 1. The van der Waals surface area contributed by atoms with Gasteiger partial charge in [0.1, 0.15) is 17.3 Å². The van der Waals surface area contributed by atoms with Gasteiger partial charge in [-0.3, -0.25) is 19.7 Å². The van der Waals surface area contributed by atoms with Crippen LogP contribution in [0.4, 0.5) is 0 Å². The number of allylic oxidation sites excluding steroid dienone is 1. The third-order valence-corrected chi connectivity index (χ3v) is 4.12. The predicted molar refractivity (Wildman–Crippen MR) is 98.2 cm³/mol. The molecule has 2 N–H and O–H groups in total. The summed E-state index contributed by atoms with van der Waals surface area (Å²) in [5, 5.41) is 21.8. The summed E-state index contributed by atoms with van der Waals surface area (Å²) in [5.41, 5.74) is 0.412. The average Bonchev–Trinajstić information content (AvgIpc) is 2.59. The molecule has 1 aromatic carbocycles. The van der Waals surface area contributed by atoms with Gasteiger partial charge in [-0.2, -0.15) is 0 Å². The maximum Gasteiger partial charge on any atom is 1.00 e. The molecule has 0 heterocycles. The van der Waals surface area contributed by atoms with Crippen LogP contribution in [0.5, 0.6) is 5.75 Å². The van der Waals surface area contributed by atoms with Gasteiger partial charge in [0, 0.05) is 24.5 Å². The van der Waals surface area contributed by atoms with Gasteiger partial charge in [-0.05, 0) is 18.6 Å². The van der Waals surface area contributed by atoms with Crippen LogP contribution in [0, 0.1) is 10.1 Å². The minimum Gasteiger partial charge on any atom is -1.00 e. The summed E-state index contributed by atoms with van der Waals surface area (Å²) < 4.78 is 5.46. The second-order valence-electron chi connectivity index (χ2n) is 5.15. The van der Waals surface area contributed by atoms with Crippen molar-refractivity contribution in [2.75, 3.05) is 13.2 Å². The summed E-state index contributed by atoms with van der Waals surface area (Å²) >= 11 is 12.3. The van der Waals surface area contributed by atoms with E-state index < -0.39 is 23.3 Å². The van der Waals surface area contributed by atoms with Crippen LogP contribution < -0.4 is 39.6 Å². The van der Waals surface area contributed by atoms with E-state index in [1.165, 1.54) is 12.1 Å². The molecule has 8 nitrogen and oxygen atoms in total. The van der Waals surface area contributed by atoms with Gasteiger partial charge < -0.3 is 16.6 Å². The van der Waals surface area contributed by atoms with Gasteiger partial charge in [-0.25, -0.2) is 0 Å². The van der Waals surface area contributed by atoms with Gasteiger partial charge >= 0.3 is 35.5 Å². The first-order valence-corrected chi connectivity index (χ1v) is 8.46. The van der Waals surface area contributed by atoms with Gasteiger partial charge in [-0.1, -0.05) is 30.1 Å². The minimum atomic E-state index is -1.12. The minimum absolute atomic E-state index is 0. The van der Waals surface area contributed by atoms with E-state index in [9.17, 15) is 19.7 Å². The molecule has 11 heteroatoms. The van der Waals surface area contributed by atoms with E-state index in [2.05, 4.69) is 5.32 Å². The number of benzene rings is 1. The first kappa shape index (κ1) is 25.7. The molecule has 0 bridgehead atoms. The standard InChI is InChI=1S/C16H18Cl2N2O6.Na.H/c1-2-11(20(24)25)8-10-5-6-12(16(18)15(10)17)26-7-3-4-13(21)19-9-14(22)23;;/h5-6,8H,2-4,7,9H2,1H3,(H,19,21)(H,22,23);;/q;+1;-1. The predicted octanol–water partition coefficient (Wildman–Crippen LogP) is 0.497. The molecular weight excluding hydrogens is 410 g/mol. The Labute approximate surface area is 189 Å². The molecule has 0 aliphatic heterocycles. The van der Waals surface area contributed by atoms with Crippen molar-refractivity contribution in [2.24, 2.45) is 0 Å². The molecule has 0 aliphatic rings. The molecule has 0 spiro atoms. The Morgan fingerprint density at radius 1 is 1.37 bits per heavy atom. The molecule has 0 aromatic heterocycles. The number of carbonyl (C=O) groups excluding carboxylic acids is 1. The van der Waals surface area contributed by atoms with E-state index >= 15 is 0 Å². The maximum absolute atomic E-state index is 11.4. The van der Waals surface area contributed by atoms with Crippen LogP contribution in [-0.2, 0) is 9.59 Å². The van der Waals surface area contributed by atoms with Crippen LogP contribution in [0.25, 0.3) is 6.08 Å². The molecule has 0 fully saturated rings. The third kappa shape index (κ3) is 8.94. The fraction of sp³-hybridized carbons (Fsp3) is 0.375. The first-order chi connectivity index (χ1) is 12.3. The van der Waals surface area contributed by atoms with Crippen molar-refractivity contribution in [1.29, 1.82) is 0 Å². The SMILES string of the molecule is CCC(=Cc1ccc(OCCCC(=O)NCC(=O)O)c(Cl)c1Cl)[N+](=O)[O-].[H-].[Na+]. The van der Waals surface area contributed by atoms with Gasteiger partial charge in [-0.15, -0.1) is 0 Å². The Morgan fingerprint density at radius 2 is 2.04 bits per heavy atom. The molecular formula is C16H19Cl2N2NaO6. The van der Waals surface area contributed by atoms with Gasteiger partial charge in [0.2, 0.25) is 11.6 Å². The summed E-state index contributed by atoms with van der Waals surface area (Å²) in [6, 6.07) is 3.10. The van der Waals surface area contributed by atoms with Crippen LogP contribution in [0.1, 0.15) is 33.2 Å². The molecule has 0 atom stereocenters. The summed E-state index contributed by atoms with van der Waals surface area (Å²) in [5.74, 6) is -1.22. The van der Waals surface area contributed by atoms with Crippen molar-refractivity contribution in [3.63, 3.8) is 0 Å². The smallest absolute Gasteiger partial charge is 1.00 e. The summed E-state index contributed by atoms with van der Waals surface area (Å²) in [6.45, 7) is 1.40. The van der Waals surface area contributed by atoms with Crippen LogP contribution in [0.15, 0.2) is 17.8 Å². The number of carboxylic acids is 1. The van der Waals surface area contributed by atoms with Crippen molar-refractivity contribution >= 4 is 41.2 Å². The number of rotatable bonds is 10. The summed E-state index contributed by atoms with van der Waals surface area (Å²) in [6.07, 6.45) is 2.04. The fourth-order valence-corrected chi connectivity index (χ4v) is 2.35. The molecule has 1 amide bonds. The molecule has 1 aromatic rings. The van der Waals surface area contributed by atoms with Crippen LogP contribution >= 0.6 is 23.2 Å². The topological polar surface area (TPSA) is 119 Å². The van der Waals surface area contributed by atoms with Crippen LogP contribution in [0.2, 0.25) is 10.0 Å². The zero-order chi connectivity index (χ0) is 19.7. The van der Waals surface area contributed by atoms with Gasteiger partial charge in [0.15, 0.2) is 0 Å². The summed E-state index contributed by atoms with van der Waals surface area (Å²) in [7, 11) is 0. The van der Waals surface area contributed by atoms with Crippen molar-refractivity contribution < 1.29 is 55.3 Å². The van der Waals surface area contributed by atoms with E-state index in [4.69, 9.17) is 33.0 Å². The number of hydrogen-bond acceptors (Lipinski definition) is 5. The summed E-state index contributed by atoms with van der Waals surface area (Å²) in [4.78, 5) is 32.1. The number of ether oxygens (including phenoxy) is 1. The zero-order valence-corrected chi connectivity index (χ0v) is 18.5. The number of nitrogens with one attached hydrogen (secondary N) is 1. The number of carboxylic acid groups (broad SMARTS) is 1. The fourth-order valence-electron chi connectivity index (χ4n) is 1.91. The molecule has 27 heavy (non-hydrogen) atoms.